The molecule has 2 amide bonds. The second kappa shape index (κ2) is 11.9. The van der Waals surface area contributed by atoms with Crippen LogP contribution in [0.15, 0.2) is 25.3 Å². The largest absolute Gasteiger partial charge is 0.352 e. The highest BCUT2D eigenvalue weighted by Crippen LogP contribution is 1.96. The molecule has 0 saturated heterocycles. The Morgan fingerprint density at radius 2 is 1.50 bits per heavy atom. The third kappa shape index (κ3) is 12.1. The number of carbonyl (C=O) groups excluding carboxylic acids is 2. The minimum atomic E-state index is -0.110. The Morgan fingerprint density at radius 1 is 0.955 bits per heavy atom. The van der Waals surface area contributed by atoms with Gasteiger partial charge >= 0.3 is 0 Å². The molecule has 6 heteroatoms. The van der Waals surface area contributed by atoms with E-state index >= 15 is 0 Å². The number of nitrogens with two attached hydrogens (primary N) is 1. The van der Waals surface area contributed by atoms with Gasteiger partial charge in [0.2, 0.25) is 11.8 Å². The average molecular weight is 312 g/mol. The van der Waals surface area contributed by atoms with Gasteiger partial charge in [-0.2, -0.15) is 0 Å². The average Bonchev–Trinajstić information content (AvgIpc) is 2.49. The van der Waals surface area contributed by atoms with Crippen LogP contribution in [0, 0.1) is 0 Å². The molecule has 0 spiro atoms. The van der Waals surface area contributed by atoms with Crippen molar-refractivity contribution in [2.75, 3.05) is 53.4 Å². The molecule has 0 saturated carbocycles. The van der Waals surface area contributed by atoms with Crippen LogP contribution >= 0.6 is 0 Å². The van der Waals surface area contributed by atoms with Gasteiger partial charge in [0.05, 0.1) is 27.2 Å². The monoisotopic (exact) mass is 312 g/mol. The van der Waals surface area contributed by atoms with E-state index in [-0.39, 0.29) is 11.8 Å². The smallest absolute Gasteiger partial charge is 0.243 e. The number of rotatable bonds is 13. The zero-order valence-electron chi connectivity index (χ0n) is 14.1. The zero-order chi connectivity index (χ0) is 16.8. The van der Waals surface area contributed by atoms with Crippen LogP contribution in [0.25, 0.3) is 0 Å². The lowest BCUT2D eigenvalue weighted by Crippen LogP contribution is -2.86. The predicted octanol–water partition coefficient (Wildman–Crippen LogP) is -0.989. The van der Waals surface area contributed by atoms with Crippen molar-refractivity contribution in [1.29, 1.82) is 0 Å². The molecular formula is C16H32N4O2+2. The van der Waals surface area contributed by atoms with Crippen molar-refractivity contribution in [2.24, 2.45) is 0 Å². The van der Waals surface area contributed by atoms with Crippen LogP contribution in [-0.2, 0) is 9.59 Å². The second-order valence-corrected chi connectivity index (χ2v) is 5.95. The molecule has 0 fully saturated rings. The summed E-state index contributed by atoms with van der Waals surface area (Å²) in [5.74, 6) is -0.219. The molecule has 4 N–H and O–H groups in total. The SMILES string of the molecule is C=CC(=O)NCCC[NH2+]CC[N+](C)(C)CCCNC(=O)C=C. The van der Waals surface area contributed by atoms with E-state index in [0.29, 0.717) is 13.1 Å². The van der Waals surface area contributed by atoms with Gasteiger partial charge in [0.25, 0.3) is 0 Å². The van der Waals surface area contributed by atoms with Crippen LogP contribution in [-0.4, -0.2) is 69.7 Å². The van der Waals surface area contributed by atoms with E-state index in [9.17, 15) is 9.59 Å². The summed E-state index contributed by atoms with van der Waals surface area (Å²) in [6, 6.07) is 0. The lowest BCUT2D eigenvalue weighted by molar-refractivity contribution is -0.903. The summed E-state index contributed by atoms with van der Waals surface area (Å²) < 4.78 is 0.938. The highest BCUT2D eigenvalue weighted by molar-refractivity contribution is 5.87. The summed E-state index contributed by atoms with van der Waals surface area (Å²) in [7, 11) is 4.40. The highest BCUT2D eigenvalue weighted by Gasteiger charge is 2.14. The van der Waals surface area contributed by atoms with Gasteiger partial charge in [0, 0.05) is 25.9 Å². The topological polar surface area (TPSA) is 74.8 Å². The number of nitrogens with zero attached hydrogens (tertiary/aromatic N) is 1. The fraction of sp³-hybridized carbons (Fsp3) is 0.625. The maximum Gasteiger partial charge on any atom is 0.243 e. The fourth-order valence-electron chi connectivity index (χ4n) is 2.02. The zero-order valence-corrected chi connectivity index (χ0v) is 14.1. The molecule has 0 aromatic carbocycles. The van der Waals surface area contributed by atoms with Crippen LogP contribution < -0.4 is 16.0 Å². The molecule has 0 aliphatic carbocycles. The molecule has 0 atom stereocenters. The van der Waals surface area contributed by atoms with E-state index in [1.165, 1.54) is 12.2 Å². The molecule has 0 rings (SSSR count). The first kappa shape index (κ1) is 20.3. The number of amides is 2. The number of hydrogen-bond acceptors (Lipinski definition) is 2. The Kier molecular flexibility index (Phi) is 11.0. The van der Waals surface area contributed by atoms with Gasteiger partial charge in [-0.15, -0.1) is 0 Å². The first-order valence-electron chi connectivity index (χ1n) is 7.85. The van der Waals surface area contributed by atoms with Gasteiger partial charge in [0.15, 0.2) is 0 Å². The Hall–Kier alpha value is -1.66. The summed E-state index contributed by atoms with van der Waals surface area (Å²) in [5, 5.41) is 7.84. The Morgan fingerprint density at radius 3 is 2.05 bits per heavy atom. The summed E-state index contributed by atoms with van der Waals surface area (Å²) >= 11 is 0. The predicted molar refractivity (Wildman–Crippen MR) is 89.1 cm³/mol. The van der Waals surface area contributed by atoms with Gasteiger partial charge in [-0.25, -0.2) is 0 Å². The van der Waals surface area contributed by atoms with Crippen LogP contribution in [0.5, 0.6) is 0 Å². The molecule has 0 aromatic heterocycles. The van der Waals surface area contributed by atoms with Gasteiger partial charge < -0.3 is 20.4 Å². The number of nitrogens with one attached hydrogen (secondary N) is 2. The summed E-state index contributed by atoms with van der Waals surface area (Å²) in [6.07, 6.45) is 4.51. The van der Waals surface area contributed by atoms with Gasteiger partial charge in [-0.3, -0.25) is 9.59 Å². The van der Waals surface area contributed by atoms with Crippen molar-refractivity contribution >= 4 is 11.8 Å². The van der Waals surface area contributed by atoms with Crippen LogP contribution in [0.4, 0.5) is 0 Å². The molecular weight excluding hydrogens is 280 g/mol. The Bertz CT molecular complexity index is 367. The summed E-state index contributed by atoms with van der Waals surface area (Å²) in [5.41, 5.74) is 0. The van der Waals surface area contributed by atoms with Crippen LogP contribution in [0.3, 0.4) is 0 Å². The molecule has 6 nitrogen and oxygen atoms in total. The van der Waals surface area contributed by atoms with Gasteiger partial charge in [-0.1, -0.05) is 13.2 Å². The van der Waals surface area contributed by atoms with E-state index in [1.807, 2.05) is 0 Å². The minimum Gasteiger partial charge on any atom is -0.352 e. The number of quaternary nitrogens is 2. The van der Waals surface area contributed by atoms with Crippen molar-refractivity contribution in [2.45, 2.75) is 12.8 Å². The van der Waals surface area contributed by atoms with Crippen LogP contribution in [0.1, 0.15) is 12.8 Å². The lowest BCUT2D eigenvalue weighted by Gasteiger charge is -2.29. The standard InChI is InChI=1S/C16H30N4O2/c1-5-15(21)18-10-7-9-17-12-14-20(3,4)13-8-11-19-16(22)6-2/h5-6,17H,1-2,7-14H2,3-4H3,(H-,18,19,21,22)/p+2. The molecule has 0 aromatic rings. The minimum absolute atomic E-state index is 0.109. The van der Waals surface area contributed by atoms with Crippen LogP contribution in [0.2, 0.25) is 0 Å². The van der Waals surface area contributed by atoms with E-state index in [1.54, 1.807) is 0 Å². The number of carbonyl (C=O) groups is 2. The molecule has 126 valence electrons. The van der Waals surface area contributed by atoms with Crippen molar-refractivity contribution < 1.29 is 19.4 Å². The van der Waals surface area contributed by atoms with Crippen molar-refractivity contribution in [3.8, 4) is 0 Å². The van der Waals surface area contributed by atoms with Crippen molar-refractivity contribution in [1.82, 2.24) is 10.6 Å². The van der Waals surface area contributed by atoms with Gasteiger partial charge in [-0.05, 0) is 12.2 Å². The van der Waals surface area contributed by atoms with E-state index in [4.69, 9.17) is 0 Å². The maximum atomic E-state index is 11.0. The van der Waals surface area contributed by atoms with E-state index in [2.05, 4.69) is 43.2 Å². The number of hydrogen-bond donors (Lipinski definition) is 3. The summed E-state index contributed by atoms with van der Waals surface area (Å²) in [4.78, 5) is 22.0. The molecule has 0 unspecified atom stereocenters. The first-order valence-corrected chi connectivity index (χ1v) is 7.85. The van der Waals surface area contributed by atoms with Gasteiger partial charge in [0.1, 0.15) is 13.1 Å². The first-order chi connectivity index (χ1) is 10.4. The molecule has 0 radical (unpaired) electrons. The Balaban J connectivity index is 3.54. The summed E-state index contributed by atoms with van der Waals surface area (Å²) in [6.45, 7) is 12.4. The highest BCUT2D eigenvalue weighted by atomic mass is 16.2. The van der Waals surface area contributed by atoms with E-state index in [0.717, 1.165) is 43.5 Å². The third-order valence-electron chi connectivity index (χ3n) is 3.43. The maximum absolute atomic E-state index is 11.0. The molecule has 0 aliphatic rings. The normalized spacial score (nSPS) is 10.8. The Labute approximate surface area is 134 Å². The van der Waals surface area contributed by atoms with E-state index < -0.39 is 0 Å². The lowest BCUT2D eigenvalue weighted by atomic mass is 10.3. The van der Waals surface area contributed by atoms with Crippen molar-refractivity contribution in [3.63, 3.8) is 0 Å². The fourth-order valence-corrected chi connectivity index (χ4v) is 2.02. The molecule has 0 bridgehead atoms. The van der Waals surface area contributed by atoms with Crippen molar-refractivity contribution in [3.05, 3.63) is 25.3 Å². The number of likely N-dealkylation sites (N-methyl/N-ethyl adjacent to an activating group) is 1. The molecule has 0 aliphatic heterocycles. The third-order valence-corrected chi connectivity index (χ3v) is 3.43. The molecule has 0 heterocycles. The quantitative estimate of drug-likeness (QED) is 0.232. The second-order valence-electron chi connectivity index (χ2n) is 5.95. The molecule has 22 heavy (non-hydrogen) atoms.